The van der Waals surface area contributed by atoms with Crippen LogP contribution in [0.1, 0.15) is 12.0 Å². The molecule has 0 radical (unpaired) electrons. The van der Waals surface area contributed by atoms with Crippen molar-refractivity contribution < 1.29 is 14.6 Å². The summed E-state index contributed by atoms with van der Waals surface area (Å²) in [5.74, 6) is 0.706. The molecule has 0 spiro atoms. The summed E-state index contributed by atoms with van der Waals surface area (Å²) < 4.78 is 10.9. The number of aromatic nitrogens is 1. The zero-order valence-electron chi connectivity index (χ0n) is 7.85. The maximum Gasteiger partial charge on any atom is 0.128 e. The van der Waals surface area contributed by atoms with E-state index in [0.29, 0.717) is 12.4 Å². The summed E-state index contributed by atoms with van der Waals surface area (Å²) in [6.45, 7) is 1.34. The molecule has 1 atom stereocenters. The van der Waals surface area contributed by atoms with Gasteiger partial charge in [-0.2, -0.15) is 0 Å². The average Bonchev–Trinajstić information content (AvgIpc) is 2.71. The Balaban J connectivity index is 2.07. The number of hydrogen-bond acceptors (Lipinski definition) is 4. The standard InChI is InChI=1S/C10H13NO3/c12-6-8-5-11-3-1-10(8)14-9-2-4-13-7-9/h1,3,5,9,12H,2,4,6-7H2. The Kier molecular flexibility index (Phi) is 2.96. The number of aliphatic hydroxyl groups is 1. The minimum absolute atomic E-state index is 0.0449. The lowest BCUT2D eigenvalue weighted by atomic mass is 10.2. The van der Waals surface area contributed by atoms with E-state index in [1.165, 1.54) is 0 Å². The van der Waals surface area contributed by atoms with Gasteiger partial charge in [-0.1, -0.05) is 0 Å². The van der Waals surface area contributed by atoms with Crippen LogP contribution in [0, 0.1) is 0 Å². The molecule has 2 rings (SSSR count). The molecule has 1 N–H and O–H groups in total. The molecule has 4 nitrogen and oxygen atoms in total. The highest BCUT2D eigenvalue weighted by molar-refractivity contribution is 5.29. The van der Waals surface area contributed by atoms with E-state index < -0.39 is 0 Å². The summed E-state index contributed by atoms with van der Waals surface area (Å²) in [6, 6.07) is 1.77. The monoisotopic (exact) mass is 195 g/mol. The molecule has 1 fully saturated rings. The van der Waals surface area contributed by atoms with Gasteiger partial charge in [0.2, 0.25) is 0 Å². The zero-order valence-corrected chi connectivity index (χ0v) is 7.85. The van der Waals surface area contributed by atoms with E-state index in [2.05, 4.69) is 4.98 Å². The second kappa shape index (κ2) is 4.39. The van der Waals surface area contributed by atoms with Crippen molar-refractivity contribution >= 4 is 0 Å². The molecule has 1 aromatic heterocycles. The largest absolute Gasteiger partial charge is 0.487 e. The lowest BCUT2D eigenvalue weighted by Gasteiger charge is -2.13. The Morgan fingerprint density at radius 3 is 3.29 bits per heavy atom. The average molecular weight is 195 g/mol. The number of rotatable bonds is 3. The van der Waals surface area contributed by atoms with Gasteiger partial charge < -0.3 is 14.6 Å². The van der Waals surface area contributed by atoms with Crippen molar-refractivity contribution in [1.29, 1.82) is 0 Å². The SMILES string of the molecule is OCc1cnccc1OC1CCOC1. The third-order valence-electron chi connectivity index (χ3n) is 2.21. The van der Waals surface area contributed by atoms with Crippen LogP contribution >= 0.6 is 0 Å². The van der Waals surface area contributed by atoms with E-state index in [4.69, 9.17) is 14.6 Å². The van der Waals surface area contributed by atoms with Crippen LogP contribution in [-0.2, 0) is 11.3 Å². The van der Waals surface area contributed by atoms with Crippen molar-refractivity contribution in [2.45, 2.75) is 19.1 Å². The van der Waals surface area contributed by atoms with Crippen LogP contribution in [-0.4, -0.2) is 29.4 Å². The van der Waals surface area contributed by atoms with Gasteiger partial charge in [-0.3, -0.25) is 4.98 Å². The Morgan fingerprint density at radius 2 is 2.57 bits per heavy atom. The van der Waals surface area contributed by atoms with Crippen LogP contribution in [0.25, 0.3) is 0 Å². The van der Waals surface area contributed by atoms with E-state index in [1.807, 2.05) is 0 Å². The van der Waals surface area contributed by atoms with E-state index in [-0.39, 0.29) is 12.7 Å². The van der Waals surface area contributed by atoms with Crippen molar-refractivity contribution in [3.63, 3.8) is 0 Å². The third-order valence-corrected chi connectivity index (χ3v) is 2.21. The lowest BCUT2D eigenvalue weighted by Crippen LogP contribution is -2.16. The first-order valence-electron chi connectivity index (χ1n) is 4.68. The first-order valence-corrected chi connectivity index (χ1v) is 4.68. The molecule has 1 saturated heterocycles. The molecular formula is C10H13NO3. The second-order valence-electron chi connectivity index (χ2n) is 3.24. The van der Waals surface area contributed by atoms with Gasteiger partial charge in [0.1, 0.15) is 11.9 Å². The van der Waals surface area contributed by atoms with Gasteiger partial charge in [-0.05, 0) is 6.07 Å². The van der Waals surface area contributed by atoms with Crippen molar-refractivity contribution in [2.75, 3.05) is 13.2 Å². The fraction of sp³-hybridized carbons (Fsp3) is 0.500. The van der Waals surface area contributed by atoms with Gasteiger partial charge in [0.15, 0.2) is 0 Å². The Hall–Kier alpha value is -1.13. The van der Waals surface area contributed by atoms with Gasteiger partial charge in [-0.15, -0.1) is 0 Å². The predicted octanol–water partition coefficient (Wildman–Crippen LogP) is 0.742. The van der Waals surface area contributed by atoms with Crippen LogP contribution < -0.4 is 4.74 Å². The molecule has 0 aromatic carbocycles. The predicted molar refractivity (Wildman–Crippen MR) is 50.0 cm³/mol. The van der Waals surface area contributed by atoms with Crippen LogP contribution in [0.3, 0.4) is 0 Å². The molecule has 1 aromatic rings. The molecule has 2 heterocycles. The first-order chi connectivity index (χ1) is 6.90. The smallest absolute Gasteiger partial charge is 0.128 e. The second-order valence-corrected chi connectivity index (χ2v) is 3.24. The highest BCUT2D eigenvalue weighted by Gasteiger charge is 2.18. The number of nitrogens with zero attached hydrogens (tertiary/aromatic N) is 1. The molecule has 1 unspecified atom stereocenters. The normalized spacial score (nSPS) is 21.1. The molecule has 1 aliphatic heterocycles. The molecule has 76 valence electrons. The summed E-state index contributed by atoms with van der Waals surface area (Å²) >= 11 is 0. The van der Waals surface area contributed by atoms with Crippen LogP contribution in [0.15, 0.2) is 18.5 Å². The highest BCUT2D eigenvalue weighted by atomic mass is 16.5. The summed E-state index contributed by atoms with van der Waals surface area (Å²) in [5, 5.41) is 9.04. The van der Waals surface area contributed by atoms with Gasteiger partial charge in [0.05, 0.1) is 19.8 Å². The fourth-order valence-corrected chi connectivity index (χ4v) is 1.43. The first kappa shape index (κ1) is 9.43. The van der Waals surface area contributed by atoms with Crippen molar-refractivity contribution in [3.8, 4) is 5.75 Å². The van der Waals surface area contributed by atoms with Crippen molar-refractivity contribution in [1.82, 2.24) is 4.98 Å². The maximum absolute atomic E-state index is 9.04. The fourth-order valence-electron chi connectivity index (χ4n) is 1.43. The summed E-state index contributed by atoms with van der Waals surface area (Å²) in [5.41, 5.74) is 0.722. The maximum atomic E-state index is 9.04. The van der Waals surface area contributed by atoms with E-state index in [1.54, 1.807) is 18.5 Å². The number of pyridine rings is 1. The summed E-state index contributed by atoms with van der Waals surface area (Å²) in [7, 11) is 0. The van der Waals surface area contributed by atoms with Gasteiger partial charge in [0.25, 0.3) is 0 Å². The Labute approximate surface area is 82.5 Å². The van der Waals surface area contributed by atoms with Crippen molar-refractivity contribution in [3.05, 3.63) is 24.0 Å². The Bertz CT molecular complexity index is 297. The van der Waals surface area contributed by atoms with Crippen LogP contribution in [0.2, 0.25) is 0 Å². The molecule has 14 heavy (non-hydrogen) atoms. The van der Waals surface area contributed by atoms with E-state index >= 15 is 0 Å². The molecule has 0 amide bonds. The number of aliphatic hydroxyl groups excluding tert-OH is 1. The highest BCUT2D eigenvalue weighted by Crippen LogP contribution is 2.20. The summed E-state index contributed by atoms with van der Waals surface area (Å²) in [4.78, 5) is 3.92. The molecule has 4 heteroatoms. The summed E-state index contributed by atoms with van der Waals surface area (Å²) in [6.07, 6.45) is 4.30. The third kappa shape index (κ3) is 2.02. The lowest BCUT2D eigenvalue weighted by molar-refractivity contribution is 0.139. The minimum atomic E-state index is -0.0449. The molecular weight excluding hydrogens is 182 g/mol. The molecule has 0 saturated carbocycles. The number of ether oxygens (including phenoxy) is 2. The van der Waals surface area contributed by atoms with Crippen LogP contribution in [0.5, 0.6) is 5.75 Å². The molecule has 0 bridgehead atoms. The quantitative estimate of drug-likeness (QED) is 0.773. The van der Waals surface area contributed by atoms with Gasteiger partial charge in [0, 0.05) is 24.4 Å². The zero-order chi connectivity index (χ0) is 9.80. The van der Waals surface area contributed by atoms with Gasteiger partial charge in [-0.25, -0.2) is 0 Å². The van der Waals surface area contributed by atoms with E-state index in [0.717, 1.165) is 18.6 Å². The molecule has 0 aliphatic carbocycles. The number of hydrogen-bond donors (Lipinski definition) is 1. The molecule has 1 aliphatic rings. The van der Waals surface area contributed by atoms with Crippen molar-refractivity contribution in [2.24, 2.45) is 0 Å². The van der Waals surface area contributed by atoms with E-state index in [9.17, 15) is 0 Å². The Morgan fingerprint density at radius 1 is 1.64 bits per heavy atom. The topological polar surface area (TPSA) is 51.6 Å². The van der Waals surface area contributed by atoms with Gasteiger partial charge >= 0.3 is 0 Å². The van der Waals surface area contributed by atoms with Crippen LogP contribution in [0.4, 0.5) is 0 Å². The minimum Gasteiger partial charge on any atom is -0.487 e.